The van der Waals surface area contributed by atoms with E-state index >= 15 is 0 Å². The van der Waals surface area contributed by atoms with Crippen molar-refractivity contribution in [2.45, 2.75) is 119 Å². The average molecular weight is 491 g/mol. The molecule has 202 valence electrons. The van der Waals surface area contributed by atoms with Crippen molar-refractivity contribution < 1.29 is 14.3 Å². The number of Topliss-reactive ketones (excluding diaryl/α,β-unsaturated/α-hetero) is 1. The third-order valence-corrected chi connectivity index (χ3v) is 6.00. The van der Waals surface area contributed by atoms with Gasteiger partial charge in [-0.2, -0.15) is 0 Å². The van der Waals surface area contributed by atoms with E-state index in [1.807, 2.05) is 27.7 Å². The minimum Gasteiger partial charge on any atom is -0.375 e. The number of hydrogen-bond donors (Lipinski definition) is 2. The highest BCUT2D eigenvalue weighted by molar-refractivity contribution is 6.00. The smallest absolute Gasteiger partial charge is 0.251 e. The van der Waals surface area contributed by atoms with Gasteiger partial charge in [-0.05, 0) is 78.0 Å². The molecule has 1 unspecified atom stereocenters. The zero-order valence-corrected chi connectivity index (χ0v) is 24.5. The Hall–Kier alpha value is -1.72. The molecule has 1 amide bonds. The Labute approximate surface area is 216 Å². The SMILES string of the molecule is CC.CCC(CC(C)C)C(=O)c1ccc(C(=O)NC(C)(C)CCOC(C)(C)CCNC(C)C)cc1. The van der Waals surface area contributed by atoms with Crippen molar-refractivity contribution >= 4 is 11.7 Å². The number of hydrogen-bond acceptors (Lipinski definition) is 4. The average Bonchev–Trinajstić information content (AvgIpc) is 2.77. The maximum absolute atomic E-state index is 12.8. The van der Waals surface area contributed by atoms with Crippen molar-refractivity contribution in [3.05, 3.63) is 35.4 Å². The van der Waals surface area contributed by atoms with Crippen LogP contribution in [0.1, 0.15) is 123 Å². The molecule has 0 spiro atoms. The van der Waals surface area contributed by atoms with Crippen LogP contribution in [-0.4, -0.2) is 42.0 Å². The summed E-state index contributed by atoms with van der Waals surface area (Å²) in [6, 6.07) is 7.54. The molecule has 2 N–H and O–H groups in total. The van der Waals surface area contributed by atoms with Crippen LogP contribution in [0.2, 0.25) is 0 Å². The summed E-state index contributed by atoms with van der Waals surface area (Å²) in [5.41, 5.74) is 0.636. The van der Waals surface area contributed by atoms with Crippen LogP contribution in [0.5, 0.6) is 0 Å². The van der Waals surface area contributed by atoms with Gasteiger partial charge in [-0.15, -0.1) is 0 Å². The monoisotopic (exact) mass is 490 g/mol. The van der Waals surface area contributed by atoms with E-state index in [4.69, 9.17) is 4.74 Å². The number of ether oxygens (including phenoxy) is 1. The standard InChI is InChI=1S/C28H48N2O3.C2H6/c1-10-22(19-20(2)3)25(31)23-11-13-24(14-12-23)26(32)30-27(6,7)16-18-33-28(8,9)15-17-29-21(4)5;1-2/h11-14,20-22,29H,10,15-19H2,1-9H3,(H,30,32);1-2H3. The molecule has 0 saturated carbocycles. The number of rotatable bonds is 15. The van der Waals surface area contributed by atoms with Gasteiger partial charge >= 0.3 is 0 Å². The van der Waals surface area contributed by atoms with Gasteiger partial charge in [0.2, 0.25) is 0 Å². The molecule has 0 fully saturated rings. The largest absolute Gasteiger partial charge is 0.375 e. The van der Waals surface area contributed by atoms with Crippen LogP contribution in [0.15, 0.2) is 24.3 Å². The Morgan fingerprint density at radius 3 is 1.94 bits per heavy atom. The van der Waals surface area contributed by atoms with Crippen LogP contribution in [-0.2, 0) is 4.74 Å². The highest BCUT2D eigenvalue weighted by atomic mass is 16.5. The normalized spacial score (nSPS) is 12.8. The Morgan fingerprint density at radius 2 is 1.46 bits per heavy atom. The van der Waals surface area contributed by atoms with Gasteiger partial charge in [0.25, 0.3) is 5.91 Å². The van der Waals surface area contributed by atoms with E-state index in [0.29, 0.717) is 36.1 Å². The first kappa shape index (κ1) is 33.3. The topological polar surface area (TPSA) is 67.4 Å². The lowest BCUT2D eigenvalue weighted by Gasteiger charge is -2.30. The van der Waals surface area contributed by atoms with Gasteiger partial charge in [0, 0.05) is 35.2 Å². The van der Waals surface area contributed by atoms with E-state index in [1.54, 1.807) is 24.3 Å². The van der Waals surface area contributed by atoms with Crippen molar-refractivity contribution in [2.75, 3.05) is 13.2 Å². The maximum Gasteiger partial charge on any atom is 0.251 e. The number of amides is 1. The van der Waals surface area contributed by atoms with Gasteiger partial charge in [-0.25, -0.2) is 0 Å². The summed E-state index contributed by atoms with van der Waals surface area (Å²) in [6.45, 7) is 24.3. The molecule has 0 aliphatic rings. The molecule has 0 radical (unpaired) electrons. The Kier molecular flexibility index (Phi) is 15.3. The minimum atomic E-state index is -0.400. The third kappa shape index (κ3) is 13.8. The number of nitrogens with one attached hydrogen (secondary N) is 2. The summed E-state index contributed by atoms with van der Waals surface area (Å²) < 4.78 is 6.11. The zero-order valence-electron chi connectivity index (χ0n) is 24.5. The molecule has 0 saturated heterocycles. The van der Waals surface area contributed by atoms with Crippen molar-refractivity contribution in [1.82, 2.24) is 10.6 Å². The first-order chi connectivity index (χ1) is 16.3. The van der Waals surface area contributed by atoms with E-state index in [1.165, 1.54) is 0 Å². The Balaban J connectivity index is 0.00000562. The summed E-state index contributed by atoms with van der Waals surface area (Å²) >= 11 is 0. The van der Waals surface area contributed by atoms with Crippen LogP contribution in [0.3, 0.4) is 0 Å². The van der Waals surface area contributed by atoms with Gasteiger partial charge in [0.05, 0.1) is 5.60 Å². The molecule has 0 aromatic heterocycles. The van der Waals surface area contributed by atoms with Crippen LogP contribution in [0, 0.1) is 11.8 Å². The summed E-state index contributed by atoms with van der Waals surface area (Å²) in [6.07, 6.45) is 3.36. The minimum absolute atomic E-state index is 0.0361. The molecular weight excluding hydrogens is 436 g/mol. The summed E-state index contributed by atoms with van der Waals surface area (Å²) in [7, 11) is 0. The maximum atomic E-state index is 12.8. The third-order valence-electron chi connectivity index (χ3n) is 6.00. The second-order valence-corrected chi connectivity index (χ2v) is 11.2. The van der Waals surface area contributed by atoms with E-state index in [2.05, 4.69) is 59.1 Å². The molecule has 1 rings (SSSR count). The number of ketones is 1. The molecule has 0 aliphatic heterocycles. The van der Waals surface area contributed by atoms with E-state index in [9.17, 15) is 9.59 Å². The number of carbonyl (C=O) groups excluding carboxylic acids is 2. The first-order valence-corrected chi connectivity index (χ1v) is 13.6. The molecule has 5 nitrogen and oxygen atoms in total. The first-order valence-electron chi connectivity index (χ1n) is 13.6. The lowest BCUT2D eigenvalue weighted by Crippen LogP contribution is -2.45. The van der Waals surface area contributed by atoms with E-state index in [0.717, 1.165) is 25.8 Å². The molecule has 0 bridgehead atoms. The molecule has 1 aromatic rings. The Morgan fingerprint density at radius 1 is 0.914 bits per heavy atom. The van der Waals surface area contributed by atoms with Crippen LogP contribution >= 0.6 is 0 Å². The van der Waals surface area contributed by atoms with Gasteiger partial charge in [-0.3, -0.25) is 9.59 Å². The predicted octanol–water partition coefficient (Wildman–Crippen LogP) is 7.05. The van der Waals surface area contributed by atoms with E-state index in [-0.39, 0.29) is 23.2 Å². The number of carbonyl (C=O) groups is 2. The van der Waals surface area contributed by atoms with Crippen LogP contribution in [0.25, 0.3) is 0 Å². The molecule has 0 aliphatic carbocycles. The fraction of sp³-hybridized carbons (Fsp3) is 0.733. The summed E-state index contributed by atoms with van der Waals surface area (Å²) in [5, 5.41) is 6.53. The van der Waals surface area contributed by atoms with Gasteiger partial charge in [0.15, 0.2) is 5.78 Å². The van der Waals surface area contributed by atoms with Gasteiger partial charge in [0.1, 0.15) is 0 Å². The number of benzene rings is 1. The fourth-order valence-electron chi connectivity index (χ4n) is 3.81. The quantitative estimate of drug-likeness (QED) is 0.259. The second kappa shape index (κ2) is 16.1. The molecule has 1 aromatic carbocycles. The van der Waals surface area contributed by atoms with Gasteiger partial charge in [-0.1, -0.05) is 60.6 Å². The van der Waals surface area contributed by atoms with Crippen molar-refractivity contribution in [3.63, 3.8) is 0 Å². The summed E-state index contributed by atoms with van der Waals surface area (Å²) in [4.78, 5) is 25.6. The van der Waals surface area contributed by atoms with Gasteiger partial charge < -0.3 is 15.4 Å². The highest BCUT2D eigenvalue weighted by Gasteiger charge is 2.25. The van der Waals surface area contributed by atoms with Crippen molar-refractivity contribution in [1.29, 1.82) is 0 Å². The zero-order chi connectivity index (χ0) is 27.2. The fourth-order valence-corrected chi connectivity index (χ4v) is 3.81. The molecular formula is C30H54N2O3. The van der Waals surface area contributed by atoms with Crippen LogP contribution in [0.4, 0.5) is 0 Å². The molecule has 1 atom stereocenters. The molecule has 35 heavy (non-hydrogen) atoms. The summed E-state index contributed by atoms with van der Waals surface area (Å²) in [5.74, 6) is 0.557. The van der Waals surface area contributed by atoms with Crippen molar-refractivity contribution in [3.8, 4) is 0 Å². The van der Waals surface area contributed by atoms with Crippen molar-refractivity contribution in [2.24, 2.45) is 11.8 Å². The molecule has 5 heteroatoms. The predicted molar refractivity (Wildman–Crippen MR) is 149 cm³/mol. The highest BCUT2D eigenvalue weighted by Crippen LogP contribution is 2.21. The van der Waals surface area contributed by atoms with Crippen LogP contribution < -0.4 is 10.6 Å². The second-order valence-electron chi connectivity index (χ2n) is 11.2. The lowest BCUT2D eigenvalue weighted by atomic mass is 9.87. The molecule has 0 heterocycles. The lowest BCUT2D eigenvalue weighted by molar-refractivity contribution is -0.0301. The Bertz CT molecular complexity index is 736. The van der Waals surface area contributed by atoms with E-state index < -0.39 is 5.54 Å².